The zero-order valence-corrected chi connectivity index (χ0v) is 10.1. The van der Waals surface area contributed by atoms with Gasteiger partial charge in [0.2, 0.25) is 0 Å². The minimum Gasteiger partial charge on any atom is -0.495 e. The van der Waals surface area contributed by atoms with Gasteiger partial charge < -0.3 is 9.84 Å². The van der Waals surface area contributed by atoms with Crippen LogP contribution in [0, 0.1) is 0 Å². The number of aliphatic hydroxyl groups excluding tert-OH is 1. The van der Waals surface area contributed by atoms with Crippen LogP contribution in [-0.4, -0.2) is 23.8 Å². The molecule has 0 saturated heterocycles. The molecule has 0 bridgehead atoms. The van der Waals surface area contributed by atoms with E-state index in [4.69, 9.17) is 4.74 Å². The first-order valence-electron chi connectivity index (χ1n) is 4.31. The van der Waals surface area contributed by atoms with Gasteiger partial charge in [0.25, 0.3) is 0 Å². The molecule has 0 unspecified atom stereocenters. The van der Waals surface area contributed by atoms with Gasteiger partial charge in [-0.1, -0.05) is 13.8 Å². The maximum absolute atomic E-state index is 9.30. The van der Waals surface area contributed by atoms with Crippen LogP contribution in [0.4, 0.5) is 0 Å². The highest BCUT2D eigenvalue weighted by Crippen LogP contribution is 2.36. The lowest BCUT2D eigenvalue weighted by Gasteiger charge is -2.25. The predicted molar refractivity (Wildman–Crippen MR) is 58.6 cm³/mol. The summed E-state index contributed by atoms with van der Waals surface area (Å²) in [5.41, 5.74) is 0.602. The van der Waals surface area contributed by atoms with E-state index in [1.807, 2.05) is 13.8 Å². The molecular formula is C10H14BrNO2. The Hall–Kier alpha value is -0.610. The Kier molecular flexibility index (Phi) is 3.50. The summed E-state index contributed by atoms with van der Waals surface area (Å²) in [4.78, 5) is 4.01. The number of aromatic nitrogens is 1. The van der Waals surface area contributed by atoms with Crippen molar-refractivity contribution in [2.45, 2.75) is 19.3 Å². The molecule has 3 nitrogen and oxygen atoms in total. The van der Waals surface area contributed by atoms with Crippen LogP contribution in [0.1, 0.15) is 19.4 Å². The lowest BCUT2D eigenvalue weighted by molar-refractivity contribution is 0.214. The van der Waals surface area contributed by atoms with Crippen molar-refractivity contribution in [3.05, 3.63) is 22.4 Å². The standard InChI is InChI=1S/C10H14BrNO2/c1-10(2,6-13)9-7(11)4-12-5-8(9)14-3/h4-5,13H,6H2,1-3H3. The monoisotopic (exact) mass is 259 g/mol. The predicted octanol–water partition coefficient (Wildman–Crippen LogP) is 2.12. The van der Waals surface area contributed by atoms with E-state index >= 15 is 0 Å². The third-order valence-electron chi connectivity index (χ3n) is 2.16. The van der Waals surface area contributed by atoms with Crippen LogP contribution in [0.2, 0.25) is 0 Å². The molecule has 0 aliphatic heterocycles. The molecule has 0 amide bonds. The van der Waals surface area contributed by atoms with Crippen molar-refractivity contribution in [2.24, 2.45) is 0 Å². The maximum Gasteiger partial charge on any atom is 0.142 e. The van der Waals surface area contributed by atoms with Gasteiger partial charge in [0.15, 0.2) is 0 Å². The Morgan fingerprint density at radius 1 is 1.50 bits per heavy atom. The molecule has 0 aliphatic carbocycles. The number of nitrogens with zero attached hydrogens (tertiary/aromatic N) is 1. The summed E-state index contributed by atoms with van der Waals surface area (Å²) in [6, 6.07) is 0. The van der Waals surface area contributed by atoms with E-state index < -0.39 is 0 Å². The molecule has 0 radical (unpaired) electrons. The zero-order valence-electron chi connectivity index (χ0n) is 8.54. The summed E-state index contributed by atoms with van der Waals surface area (Å²) in [6.07, 6.45) is 3.35. The molecule has 1 aromatic heterocycles. The average molecular weight is 260 g/mol. The van der Waals surface area contributed by atoms with Crippen molar-refractivity contribution < 1.29 is 9.84 Å². The number of hydrogen-bond donors (Lipinski definition) is 1. The number of ether oxygens (including phenoxy) is 1. The van der Waals surface area contributed by atoms with Crippen LogP contribution in [0.3, 0.4) is 0 Å². The summed E-state index contributed by atoms with van der Waals surface area (Å²) in [5.74, 6) is 0.693. The van der Waals surface area contributed by atoms with Crippen LogP contribution in [0.15, 0.2) is 16.9 Å². The van der Waals surface area contributed by atoms with Crippen LogP contribution < -0.4 is 4.74 Å². The van der Waals surface area contributed by atoms with Gasteiger partial charge in [-0.25, -0.2) is 0 Å². The molecule has 0 atom stereocenters. The maximum atomic E-state index is 9.30. The molecular weight excluding hydrogens is 246 g/mol. The molecule has 78 valence electrons. The van der Waals surface area contributed by atoms with E-state index in [-0.39, 0.29) is 12.0 Å². The van der Waals surface area contributed by atoms with Crippen LogP contribution in [0.5, 0.6) is 5.75 Å². The number of halogens is 1. The molecule has 0 aromatic carbocycles. The quantitative estimate of drug-likeness (QED) is 0.905. The van der Waals surface area contributed by atoms with E-state index in [9.17, 15) is 5.11 Å². The van der Waals surface area contributed by atoms with Crippen molar-refractivity contribution in [3.8, 4) is 5.75 Å². The third-order valence-corrected chi connectivity index (χ3v) is 2.76. The van der Waals surface area contributed by atoms with Gasteiger partial charge >= 0.3 is 0 Å². The number of pyridine rings is 1. The molecule has 0 aliphatic rings. The van der Waals surface area contributed by atoms with E-state index in [1.54, 1.807) is 19.5 Å². The molecule has 4 heteroatoms. The Morgan fingerprint density at radius 2 is 2.14 bits per heavy atom. The second-order valence-electron chi connectivity index (χ2n) is 3.74. The lowest BCUT2D eigenvalue weighted by Crippen LogP contribution is -2.23. The average Bonchev–Trinajstić information content (AvgIpc) is 2.17. The third kappa shape index (κ3) is 2.07. The second kappa shape index (κ2) is 4.28. The first kappa shape index (κ1) is 11.5. The summed E-state index contributed by atoms with van der Waals surface area (Å²) in [6.45, 7) is 3.97. The largest absolute Gasteiger partial charge is 0.495 e. The first-order valence-corrected chi connectivity index (χ1v) is 5.11. The van der Waals surface area contributed by atoms with Gasteiger partial charge in [0.1, 0.15) is 5.75 Å². The van der Waals surface area contributed by atoms with Gasteiger partial charge in [-0.2, -0.15) is 0 Å². The van der Waals surface area contributed by atoms with Gasteiger partial charge in [-0.15, -0.1) is 0 Å². The smallest absolute Gasteiger partial charge is 0.142 e. The second-order valence-corrected chi connectivity index (χ2v) is 4.59. The molecule has 0 saturated carbocycles. The van der Waals surface area contributed by atoms with Gasteiger partial charge in [-0.05, 0) is 15.9 Å². The van der Waals surface area contributed by atoms with E-state index in [2.05, 4.69) is 20.9 Å². The SMILES string of the molecule is COc1cncc(Br)c1C(C)(C)CO. The van der Waals surface area contributed by atoms with Crippen LogP contribution in [-0.2, 0) is 5.41 Å². The zero-order chi connectivity index (χ0) is 10.8. The molecule has 14 heavy (non-hydrogen) atoms. The Bertz CT molecular complexity index is 326. The van der Waals surface area contributed by atoms with E-state index in [0.29, 0.717) is 5.75 Å². The van der Waals surface area contributed by atoms with Gasteiger partial charge in [-0.3, -0.25) is 4.98 Å². The van der Waals surface area contributed by atoms with Crippen molar-refractivity contribution in [2.75, 3.05) is 13.7 Å². The number of hydrogen-bond acceptors (Lipinski definition) is 3. The number of aliphatic hydroxyl groups is 1. The molecule has 1 rings (SSSR count). The Morgan fingerprint density at radius 3 is 2.64 bits per heavy atom. The summed E-state index contributed by atoms with van der Waals surface area (Å²) in [7, 11) is 1.60. The Labute approximate surface area is 92.3 Å². The van der Waals surface area contributed by atoms with E-state index in [0.717, 1.165) is 10.0 Å². The van der Waals surface area contributed by atoms with Gasteiger partial charge in [0, 0.05) is 21.6 Å². The summed E-state index contributed by atoms with van der Waals surface area (Å²) >= 11 is 3.41. The minimum atomic E-state index is -0.340. The molecule has 0 spiro atoms. The fourth-order valence-electron chi connectivity index (χ4n) is 1.31. The fourth-order valence-corrected chi connectivity index (χ4v) is 2.16. The van der Waals surface area contributed by atoms with Crippen LogP contribution in [0.25, 0.3) is 0 Å². The topological polar surface area (TPSA) is 42.4 Å². The number of rotatable bonds is 3. The molecule has 1 N–H and O–H groups in total. The fraction of sp³-hybridized carbons (Fsp3) is 0.500. The minimum absolute atomic E-state index is 0.0615. The van der Waals surface area contributed by atoms with Crippen molar-refractivity contribution in [1.82, 2.24) is 4.98 Å². The van der Waals surface area contributed by atoms with Crippen molar-refractivity contribution >= 4 is 15.9 Å². The Balaban J connectivity index is 3.30. The summed E-state index contributed by atoms with van der Waals surface area (Å²) in [5, 5.41) is 9.30. The lowest BCUT2D eigenvalue weighted by atomic mass is 9.85. The first-order chi connectivity index (χ1) is 6.53. The molecule has 0 fully saturated rings. The number of methoxy groups -OCH3 is 1. The van der Waals surface area contributed by atoms with Crippen LogP contribution >= 0.6 is 15.9 Å². The normalized spacial score (nSPS) is 11.5. The molecule has 1 aromatic rings. The highest BCUT2D eigenvalue weighted by molar-refractivity contribution is 9.10. The van der Waals surface area contributed by atoms with Crippen molar-refractivity contribution in [3.63, 3.8) is 0 Å². The highest BCUT2D eigenvalue weighted by atomic mass is 79.9. The highest BCUT2D eigenvalue weighted by Gasteiger charge is 2.26. The van der Waals surface area contributed by atoms with Crippen molar-refractivity contribution in [1.29, 1.82) is 0 Å². The van der Waals surface area contributed by atoms with Gasteiger partial charge in [0.05, 0.1) is 19.9 Å². The van der Waals surface area contributed by atoms with E-state index in [1.165, 1.54) is 0 Å². The molecule has 1 heterocycles. The summed E-state index contributed by atoms with van der Waals surface area (Å²) < 4.78 is 6.07.